The van der Waals surface area contributed by atoms with Gasteiger partial charge in [0.05, 0.1) is 0 Å². The van der Waals surface area contributed by atoms with Gasteiger partial charge in [-0.05, 0) is 7.92 Å². The minimum Gasteiger partial charge on any atom is -0.0721 e. The van der Waals surface area contributed by atoms with Gasteiger partial charge in [0, 0.05) is 97.8 Å². The molecule has 10 heteroatoms. The minimum absolute atomic E-state index is 0. The fourth-order valence-corrected chi connectivity index (χ4v) is 182. The van der Waals surface area contributed by atoms with E-state index in [1.807, 2.05) is 0 Å². The standard InChI is InChI=1S/2C9H27Si4.C3H9P.Ge/c2*1-11(2,3)10(12(4,5)6)13(7,8)9;1-4(2)3;/h2*1-9H3;1-3H3;/p+1. The predicted molar refractivity (Wildman–Crippen MR) is 183 cm³/mol. The third-order valence-electron chi connectivity index (χ3n) is 4.50. The third kappa shape index (κ3) is 20.6. The quantitative estimate of drug-likeness (QED) is 0.202. The maximum atomic E-state index is 2.61. The summed E-state index contributed by atoms with van der Waals surface area (Å²) in [5.41, 5.74) is 0. The van der Waals surface area contributed by atoms with E-state index in [4.69, 9.17) is 0 Å². The Morgan fingerprint density at radius 3 is 0.387 bits per heavy atom. The van der Waals surface area contributed by atoms with Crippen LogP contribution in [0.1, 0.15) is 0 Å². The summed E-state index contributed by atoms with van der Waals surface area (Å²) in [6, 6.07) is 0. The van der Waals surface area contributed by atoms with Crippen LogP contribution in [0, 0.1) is 0 Å². The molecule has 0 saturated heterocycles. The first kappa shape index (κ1) is 40.9. The first-order chi connectivity index (χ1) is 12.5. The molecule has 0 heterocycles. The molecule has 0 aromatic heterocycles. The number of hydrogen-bond donors (Lipinski definition) is 0. The van der Waals surface area contributed by atoms with Crippen LogP contribution in [0.5, 0.6) is 0 Å². The molecule has 0 unspecified atom stereocenters. The van der Waals surface area contributed by atoms with E-state index in [1.165, 1.54) is 0 Å². The zero-order chi connectivity index (χ0) is 25.7. The molecular formula is C21H64GePSi8+. The van der Waals surface area contributed by atoms with E-state index in [9.17, 15) is 0 Å². The monoisotopic (exact) mass is 645 g/mol. The zero-order valence-electron chi connectivity index (χ0n) is 26.0. The molecule has 0 aromatic carbocycles. The average molecular weight is 645 g/mol. The van der Waals surface area contributed by atoms with Crippen molar-refractivity contribution >= 4 is 85.8 Å². The van der Waals surface area contributed by atoms with E-state index in [2.05, 4.69) is 138 Å². The molecule has 188 valence electrons. The summed E-state index contributed by atoms with van der Waals surface area (Å²) < 4.78 is 0. The Hall–Kier alpha value is 2.71. The van der Waals surface area contributed by atoms with Gasteiger partial charge >= 0.3 is 0 Å². The van der Waals surface area contributed by atoms with Gasteiger partial charge in [-0.1, -0.05) is 118 Å². The van der Waals surface area contributed by atoms with Gasteiger partial charge in [-0.25, -0.2) is 0 Å². The zero-order valence-corrected chi connectivity index (χ0v) is 37.1. The van der Waals surface area contributed by atoms with Crippen molar-refractivity contribution in [3.05, 3.63) is 0 Å². The summed E-state index contributed by atoms with van der Waals surface area (Å²) >= 11 is 0. The topological polar surface area (TPSA) is 0 Å². The van der Waals surface area contributed by atoms with Crippen LogP contribution in [0.15, 0.2) is 0 Å². The van der Waals surface area contributed by atoms with Crippen LogP contribution in [0.4, 0.5) is 0 Å². The van der Waals surface area contributed by atoms with Crippen molar-refractivity contribution in [3.8, 4) is 0 Å². The molecule has 0 rings (SSSR count). The van der Waals surface area contributed by atoms with Crippen LogP contribution >= 0.6 is 7.92 Å². The van der Waals surface area contributed by atoms with E-state index in [0.29, 0.717) is 0 Å². The van der Waals surface area contributed by atoms with Gasteiger partial charge in [-0.3, -0.25) is 0 Å². The molecule has 31 heavy (non-hydrogen) atoms. The van der Waals surface area contributed by atoms with E-state index in [0.717, 1.165) is 0 Å². The molecule has 0 bridgehead atoms. The van der Waals surface area contributed by atoms with Gasteiger partial charge in [0.2, 0.25) is 0 Å². The maximum Gasteiger partial charge on any atom is 0.0461 e. The molecule has 0 aromatic rings. The first-order valence-corrected chi connectivity index (χ1v) is 45.0. The molecular weight excluding hydrogens is 581 g/mol. The van der Waals surface area contributed by atoms with Crippen molar-refractivity contribution in [3.63, 3.8) is 0 Å². The van der Waals surface area contributed by atoms with E-state index in [1.54, 1.807) is 0 Å². The van der Waals surface area contributed by atoms with Gasteiger partial charge in [-0.15, -0.1) is 0 Å². The normalized spacial score (nSPS) is 13.9. The van der Waals surface area contributed by atoms with Gasteiger partial charge < -0.3 is 0 Å². The summed E-state index contributed by atoms with van der Waals surface area (Å²) in [7, 11) is -4.82. The molecule has 0 N–H and O–H groups in total. The van der Waals surface area contributed by atoms with Gasteiger partial charge in [-0.2, -0.15) is 0 Å². The second-order valence-corrected chi connectivity index (χ2v) is 92.2. The summed E-state index contributed by atoms with van der Waals surface area (Å²) in [5, 5.41) is 0. The molecule has 0 amide bonds. The number of hydrogen-bond acceptors (Lipinski definition) is 0. The Bertz CT molecular complexity index is 361. The Morgan fingerprint density at radius 2 is 0.387 bits per heavy atom. The molecule has 0 fully saturated rings. The van der Waals surface area contributed by atoms with Crippen LogP contribution in [0.3, 0.4) is 0 Å². The molecule has 6 radical (unpaired) electrons. The summed E-state index contributed by atoms with van der Waals surface area (Å²) in [5.74, 6) is 0. The average Bonchev–Trinajstić information content (AvgIpc) is 2.11. The largest absolute Gasteiger partial charge is 0.0721 e. The first-order valence-electron chi connectivity index (χ1n) is 12.0. The van der Waals surface area contributed by atoms with Crippen LogP contribution < -0.4 is 0 Å². The molecule has 0 saturated carbocycles. The fourth-order valence-electron chi connectivity index (χ4n) is 6.75. The summed E-state index contributed by atoms with van der Waals surface area (Å²) in [6.45, 7) is 53.8. The van der Waals surface area contributed by atoms with Crippen LogP contribution in [-0.2, 0) is 0 Å². The van der Waals surface area contributed by atoms with Gasteiger partial charge in [0.1, 0.15) is 0 Å². The van der Waals surface area contributed by atoms with Crippen molar-refractivity contribution < 1.29 is 0 Å². The SMILES string of the molecule is C[PH+](C)C.C[Si](C)(C)[Si]([Si](C)(C)C)[Si](C)(C)C.C[Si](C)(C)[Si]([Si](C)(C)C)[Si](C)(C)C.[Ge]. The van der Waals surface area contributed by atoms with E-state index < -0.39 is 45.5 Å². The maximum absolute atomic E-state index is 2.61. The Morgan fingerprint density at radius 1 is 0.323 bits per heavy atom. The van der Waals surface area contributed by atoms with Crippen LogP contribution in [0.25, 0.3) is 0 Å². The molecule has 0 aliphatic carbocycles. The second kappa shape index (κ2) is 14.4. The molecule has 0 aliphatic heterocycles. The smallest absolute Gasteiger partial charge is 0.0461 e. The van der Waals surface area contributed by atoms with Crippen molar-refractivity contribution in [1.29, 1.82) is 0 Å². The molecule has 0 atom stereocenters. The number of rotatable bonds is 6. The van der Waals surface area contributed by atoms with Gasteiger partial charge in [0.15, 0.2) is 0 Å². The second-order valence-electron chi connectivity index (χ2n) is 15.8. The van der Waals surface area contributed by atoms with Crippen molar-refractivity contribution in [2.24, 2.45) is 0 Å². The predicted octanol–water partition coefficient (Wildman–Crippen LogP) is 8.17. The Labute approximate surface area is 222 Å². The molecule has 0 nitrogen and oxygen atoms in total. The minimum atomic E-state index is -0.832. The Balaban J connectivity index is -0.000000195. The molecule has 0 spiro atoms. The van der Waals surface area contributed by atoms with Crippen molar-refractivity contribution in [2.75, 3.05) is 20.0 Å². The van der Waals surface area contributed by atoms with Crippen LogP contribution in [0.2, 0.25) is 118 Å². The van der Waals surface area contributed by atoms with Crippen molar-refractivity contribution in [1.82, 2.24) is 0 Å². The van der Waals surface area contributed by atoms with Crippen LogP contribution in [-0.4, -0.2) is 97.8 Å². The summed E-state index contributed by atoms with van der Waals surface area (Å²) in [6.07, 6.45) is 0. The third-order valence-corrected chi connectivity index (χ3v) is 122. The fraction of sp³-hybridized carbons (Fsp3) is 1.00. The Kier molecular flexibility index (Phi) is 19.0. The molecule has 0 aliphatic rings. The van der Waals surface area contributed by atoms with E-state index >= 15 is 0 Å². The van der Waals surface area contributed by atoms with Gasteiger partial charge in [0.25, 0.3) is 0 Å². The van der Waals surface area contributed by atoms with Crippen molar-refractivity contribution in [2.45, 2.75) is 118 Å². The van der Waals surface area contributed by atoms with E-state index in [-0.39, 0.29) is 40.2 Å². The summed E-state index contributed by atoms with van der Waals surface area (Å²) in [4.78, 5) is 0.